The molecule has 6 nitrogen and oxygen atoms in total. The van der Waals surface area contributed by atoms with Crippen molar-refractivity contribution in [3.05, 3.63) is 29.8 Å². The molecule has 1 N–H and O–H groups in total. The zero-order valence-corrected chi connectivity index (χ0v) is 16.8. The first-order chi connectivity index (χ1) is 13.6. The average molecular weight is 390 g/mol. The average Bonchev–Trinajstić information content (AvgIpc) is 2.98. The molecule has 0 saturated carbocycles. The minimum absolute atomic E-state index is 0.237. The second-order valence-electron chi connectivity index (χ2n) is 7.49. The van der Waals surface area contributed by atoms with E-state index in [1.54, 1.807) is 7.11 Å². The smallest absolute Gasteiger partial charge is 0.158 e. The van der Waals surface area contributed by atoms with Crippen LogP contribution in [0.5, 0.6) is 5.75 Å². The minimum atomic E-state index is -0.844. The van der Waals surface area contributed by atoms with Gasteiger partial charge < -0.3 is 28.8 Å². The molecule has 1 aromatic carbocycles. The molecule has 0 bridgehead atoms. The van der Waals surface area contributed by atoms with Gasteiger partial charge in [-0.25, -0.2) is 0 Å². The summed E-state index contributed by atoms with van der Waals surface area (Å²) in [7, 11) is 7.65. The van der Waals surface area contributed by atoms with Crippen LogP contribution in [0.3, 0.4) is 0 Å². The van der Waals surface area contributed by atoms with Crippen LogP contribution in [-0.4, -0.2) is 63.4 Å². The molecule has 154 valence electrons. The molecule has 6 unspecified atom stereocenters. The highest BCUT2D eigenvalue weighted by atomic mass is 16.7. The van der Waals surface area contributed by atoms with Gasteiger partial charge in [0.2, 0.25) is 0 Å². The highest BCUT2D eigenvalue weighted by Crippen LogP contribution is 2.27. The van der Waals surface area contributed by atoms with Crippen LogP contribution in [0.4, 0.5) is 0 Å². The number of benzene rings is 1. The van der Waals surface area contributed by atoms with Crippen molar-refractivity contribution < 1.29 is 28.8 Å². The van der Waals surface area contributed by atoms with Crippen molar-refractivity contribution in [2.24, 2.45) is 0 Å². The zero-order chi connectivity index (χ0) is 19.9. The fourth-order valence-electron chi connectivity index (χ4n) is 3.73. The van der Waals surface area contributed by atoms with Crippen molar-refractivity contribution in [1.29, 1.82) is 0 Å². The largest absolute Gasteiger partial charge is 0.497 e. The van der Waals surface area contributed by atoms with Gasteiger partial charge in [-0.05, 0) is 43.4 Å². The monoisotopic (exact) mass is 390 g/mol. The molecule has 2 radical (unpaired) electrons. The first kappa shape index (κ1) is 21.6. The van der Waals surface area contributed by atoms with Gasteiger partial charge in [0.15, 0.2) is 6.29 Å². The van der Waals surface area contributed by atoms with E-state index in [4.69, 9.17) is 31.5 Å². The number of aliphatic hydroxyl groups is 1. The van der Waals surface area contributed by atoms with Crippen molar-refractivity contribution in [2.45, 2.75) is 82.3 Å². The first-order valence-corrected chi connectivity index (χ1v) is 10.2. The number of hydrogen-bond acceptors (Lipinski definition) is 6. The van der Waals surface area contributed by atoms with E-state index in [2.05, 4.69) is 6.92 Å². The third-order valence-corrected chi connectivity index (χ3v) is 5.34. The predicted octanol–water partition coefficient (Wildman–Crippen LogP) is 2.55. The summed E-state index contributed by atoms with van der Waals surface area (Å²) < 4.78 is 28.5. The second-order valence-corrected chi connectivity index (χ2v) is 7.49. The third kappa shape index (κ3) is 5.70. The summed E-state index contributed by atoms with van der Waals surface area (Å²) in [5.74, 6) is 0.785. The Morgan fingerprint density at radius 3 is 2.64 bits per heavy atom. The number of hydrogen-bond donors (Lipinski definition) is 1. The normalized spacial score (nSPS) is 33.1. The Kier molecular flexibility index (Phi) is 8.17. The maximum atomic E-state index is 10.6. The maximum Gasteiger partial charge on any atom is 0.158 e. The van der Waals surface area contributed by atoms with E-state index in [1.165, 1.54) is 0 Å². The molecule has 2 heterocycles. The highest BCUT2D eigenvalue weighted by Gasteiger charge is 2.42. The molecule has 2 aliphatic rings. The molecular formula is C21H31BO6. The molecule has 2 fully saturated rings. The lowest BCUT2D eigenvalue weighted by molar-refractivity contribution is -0.209. The van der Waals surface area contributed by atoms with Gasteiger partial charge in [0, 0.05) is 6.00 Å². The number of ether oxygens (including phenoxy) is 5. The molecule has 2 aliphatic heterocycles. The van der Waals surface area contributed by atoms with Crippen molar-refractivity contribution >= 4 is 7.85 Å². The van der Waals surface area contributed by atoms with E-state index in [-0.39, 0.29) is 19.0 Å². The number of methoxy groups -OCH3 is 1. The summed E-state index contributed by atoms with van der Waals surface area (Å²) in [6.45, 7) is 2.73. The Bertz CT molecular complexity index is 581. The number of rotatable bonds is 9. The molecule has 0 spiro atoms. The van der Waals surface area contributed by atoms with Crippen molar-refractivity contribution in [3.8, 4) is 5.75 Å². The van der Waals surface area contributed by atoms with Gasteiger partial charge in [0.25, 0.3) is 0 Å². The topological polar surface area (TPSA) is 66.4 Å². The van der Waals surface area contributed by atoms with Crippen LogP contribution >= 0.6 is 0 Å². The molecule has 0 amide bonds. The molecular weight excluding hydrogens is 359 g/mol. The van der Waals surface area contributed by atoms with Crippen LogP contribution in [0.25, 0.3) is 0 Å². The molecule has 2 saturated heterocycles. The fraction of sp³-hybridized carbons (Fsp3) is 0.714. The van der Waals surface area contributed by atoms with Crippen LogP contribution in [-0.2, 0) is 25.6 Å². The van der Waals surface area contributed by atoms with Crippen molar-refractivity contribution in [3.63, 3.8) is 0 Å². The van der Waals surface area contributed by atoms with E-state index < -0.39 is 24.3 Å². The van der Waals surface area contributed by atoms with Crippen LogP contribution < -0.4 is 4.74 Å². The standard InChI is InChI=1S/C21H31BO6/c1-3-5-16-6-4-7-18(27-16)25-13-17-19(23)20(21(22)28-17)26-12-14-8-10-15(24-2)11-9-14/h8-11,16-21,23H,3-7,12-13H2,1-2H3. The molecule has 0 aromatic heterocycles. The molecule has 6 atom stereocenters. The van der Waals surface area contributed by atoms with Crippen LogP contribution in [0.2, 0.25) is 0 Å². The maximum absolute atomic E-state index is 10.6. The summed E-state index contributed by atoms with van der Waals surface area (Å²) >= 11 is 0. The van der Waals surface area contributed by atoms with E-state index in [1.807, 2.05) is 24.3 Å². The molecule has 7 heteroatoms. The predicted molar refractivity (Wildman–Crippen MR) is 105 cm³/mol. The van der Waals surface area contributed by atoms with Crippen molar-refractivity contribution in [1.82, 2.24) is 0 Å². The molecule has 1 aromatic rings. The first-order valence-electron chi connectivity index (χ1n) is 10.2. The van der Waals surface area contributed by atoms with E-state index in [9.17, 15) is 5.11 Å². The summed E-state index contributed by atoms with van der Waals surface area (Å²) in [4.78, 5) is 0. The Morgan fingerprint density at radius 1 is 1.14 bits per heavy atom. The van der Waals surface area contributed by atoms with Crippen molar-refractivity contribution in [2.75, 3.05) is 13.7 Å². The van der Waals surface area contributed by atoms with E-state index in [0.717, 1.165) is 43.4 Å². The molecule has 0 aliphatic carbocycles. The molecule has 28 heavy (non-hydrogen) atoms. The lowest BCUT2D eigenvalue weighted by atomic mass is 9.93. The van der Waals surface area contributed by atoms with Crippen LogP contribution in [0.15, 0.2) is 24.3 Å². The van der Waals surface area contributed by atoms with Gasteiger partial charge in [-0.1, -0.05) is 25.5 Å². The third-order valence-electron chi connectivity index (χ3n) is 5.34. The second kappa shape index (κ2) is 10.6. The molecule has 3 rings (SSSR count). The van der Waals surface area contributed by atoms with Gasteiger partial charge in [0.1, 0.15) is 31.9 Å². The summed E-state index contributed by atoms with van der Waals surface area (Å²) in [6, 6.07) is 6.88. The Labute approximate surface area is 168 Å². The minimum Gasteiger partial charge on any atom is -0.497 e. The quantitative estimate of drug-likeness (QED) is 0.654. The van der Waals surface area contributed by atoms with Gasteiger partial charge in [-0.15, -0.1) is 0 Å². The lowest BCUT2D eigenvalue weighted by Crippen LogP contribution is -2.38. The van der Waals surface area contributed by atoms with Crippen LogP contribution in [0.1, 0.15) is 44.6 Å². The van der Waals surface area contributed by atoms with Gasteiger partial charge in [-0.2, -0.15) is 0 Å². The van der Waals surface area contributed by atoms with Gasteiger partial charge in [-0.3, -0.25) is 0 Å². The Hall–Kier alpha value is -1.12. The SMILES string of the molecule is [B]C1OC(COC2CCCC(CCC)O2)C(O)C1OCc1ccc(OC)cc1. The summed E-state index contributed by atoms with van der Waals surface area (Å²) in [5.41, 5.74) is 0.970. The van der Waals surface area contributed by atoms with Gasteiger partial charge >= 0.3 is 0 Å². The Morgan fingerprint density at radius 2 is 1.93 bits per heavy atom. The van der Waals surface area contributed by atoms with E-state index in [0.29, 0.717) is 6.61 Å². The highest BCUT2D eigenvalue weighted by molar-refractivity contribution is 6.11. The van der Waals surface area contributed by atoms with Crippen LogP contribution in [0, 0.1) is 0 Å². The summed E-state index contributed by atoms with van der Waals surface area (Å²) in [5, 5.41) is 10.6. The van der Waals surface area contributed by atoms with E-state index >= 15 is 0 Å². The van der Waals surface area contributed by atoms with Gasteiger partial charge in [0.05, 0.1) is 26.4 Å². The zero-order valence-electron chi connectivity index (χ0n) is 16.8. The summed E-state index contributed by atoms with van der Waals surface area (Å²) in [6.07, 6.45) is 3.26. The number of aliphatic hydroxyl groups excluding tert-OH is 1. The fourth-order valence-corrected chi connectivity index (χ4v) is 3.73. The lowest BCUT2D eigenvalue weighted by Gasteiger charge is -2.30. The Balaban J connectivity index is 1.44.